The van der Waals surface area contributed by atoms with Gasteiger partial charge >= 0.3 is 0 Å². The fourth-order valence-corrected chi connectivity index (χ4v) is 3.13. The molecule has 19 heavy (non-hydrogen) atoms. The third-order valence-corrected chi connectivity index (χ3v) is 4.35. The summed E-state index contributed by atoms with van der Waals surface area (Å²) in [4.78, 5) is 5.17. The van der Waals surface area contributed by atoms with Gasteiger partial charge in [0.1, 0.15) is 0 Å². The molecule has 1 fully saturated rings. The molecule has 1 saturated heterocycles. The van der Waals surface area contributed by atoms with Gasteiger partial charge in [0, 0.05) is 18.6 Å². The van der Waals surface area contributed by atoms with Crippen molar-refractivity contribution >= 4 is 0 Å². The second-order valence-electron chi connectivity index (χ2n) is 6.18. The highest BCUT2D eigenvalue weighted by atomic mass is 15.2. The second kappa shape index (κ2) is 9.73. The topological polar surface area (TPSA) is 18.5 Å². The first-order valence-corrected chi connectivity index (χ1v) is 8.33. The first kappa shape index (κ1) is 16.9. The van der Waals surface area contributed by atoms with Crippen molar-refractivity contribution in [2.24, 2.45) is 0 Å². The van der Waals surface area contributed by atoms with Crippen LogP contribution in [0.25, 0.3) is 0 Å². The first-order valence-electron chi connectivity index (χ1n) is 8.33. The van der Waals surface area contributed by atoms with Crippen molar-refractivity contribution in [3.05, 3.63) is 0 Å². The zero-order valence-electron chi connectivity index (χ0n) is 13.6. The van der Waals surface area contributed by atoms with E-state index in [1.807, 2.05) is 0 Å². The Morgan fingerprint density at radius 3 is 2.84 bits per heavy atom. The molecule has 1 aliphatic heterocycles. The summed E-state index contributed by atoms with van der Waals surface area (Å²) in [5, 5.41) is 3.57. The first-order chi connectivity index (χ1) is 9.17. The molecule has 0 amide bonds. The van der Waals surface area contributed by atoms with Crippen molar-refractivity contribution < 1.29 is 0 Å². The average molecular weight is 269 g/mol. The Balaban J connectivity index is 2.09. The molecular formula is C16H35N3. The average Bonchev–Trinajstić information content (AvgIpc) is 2.83. The Morgan fingerprint density at radius 2 is 2.16 bits per heavy atom. The Labute approximate surface area is 120 Å². The molecule has 1 heterocycles. The number of nitrogens with one attached hydrogen (secondary N) is 1. The summed E-state index contributed by atoms with van der Waals surface area (Å²) in [6.07, 6.45) is 6.63. The minimum Gasteiger partial charge on any atom is -0.314 e. The van der Waals surface area contributed by atoms with Crippen LogP contribution in [0.15, 0.2) is 0 Å². The lowest BCUT2D eigenvalue weighted by molar-refractivity contribution is 0.196. The van der Waals surface area contributed by atoms with Crippen molar-refractivity contribution in [3.63, 3.8) is 0 Å². The van der Waals surface area contributed by atoms with Crippen molar-refractivity contribution in [1.29, 1.82) is 0 Å². The van der Waals surface area contributed by atoms with Crippen molar-refractivity contribution in [3.8, 4) is 0 Å². The van der Waals surface area contributed by atoms with Gasteiger partial charge in [0.05, 0.1) is 0 Å². The molecule has 3 nitrogen and oxygen atoms in total. The van der Waals surface area contributed by atoms with Crippen LogP contribution in [-0.2, 0) is 0 Å². The molecule has 0 aliphatic carbocycles. The lowest BCUT2D eigenvalue weighted by Crippen LogP contribution is -2.39. The number of nitrogens with zero attached hydrogens (tertiary/aromatic N) is 2. The number of hydrogen-bond acceptors (Lipinski definition) is 3. The van der Waals surface area contributed by atoms with E-state index in [9.17, 15) is 0 Å². The third-order valence-electron chi connectivity index (χ3n) is 4.35. The lowest BCUT2D eigenvalue weighted by atomic mass is 10.1. The summed E-state index contributed by atoms with van der Waals surface area (Å²) >= 11 is 0. The van der Waals surface area contributed by atoms with Gasteiger partial charge in [-0.25, -0.2) is 0 Å². The van der Waals surface area contributed by atoms with Crippen LogP contribution in [0.2, 0.25) is 0 Å². The lowest BCUT2D eigenvalue weighted by Gasteiger charge is -2.28. The number of rotatable bonds is 10. The van der Waals surface area contributed by atoms with E-state index in [4.69, 9.17) is 0 Å². The highest BCUT2D eigenvalue weighted by Crippen LogP contribution is 2.17. The number of hydrogen-bond donors (Lipinski definition) is 1. The quantitative estimate of drug-likeness (QED) is 0.657. The van der Waals surface area contributed by atoms with E-state index in [0.29, 0.717) is 6.04 Å². The van der Waals surface area contributed by atoms with Crippen LogP contribution in [0.5, 0.6) is 0 Å². The van der Waals surface area contributed by atoms with Gasteiger partial charge in [-0.2, -0.15) is 0 Å². The minimum atomic E-state index is 0.673. The van der Waals surface area contributed by atoms with Gasteiger partial charge in [-0.15, -0.1) is 0 Å². The van der Waals surface area contributed by atoms with E-state index in [-0.39, 0.29) is 0 Å². The SMILES string of the molecule is CCCNC(C)CCCN(C)CC1CCCN1CC. The number of likely N-dealkylation sites (tertiary alicyclic amines) is 1. The van der Waals surface area contributed by atoms with Crippen LogP contribution < -0.4 is 5.32 Å². The summed E-state index contributed by atoms with van der Waals surface area (Å²) in [5.41, 5.74) is 0. The van der Waals surface area contributed by atoms with Crippen LogP contribution in [0.1, 0.15) is 52.9 Å². The Bertz CT molecular complexity index is 220. The molecule has 1 rings (SSSR count). The zero-order chi connectivity index (χ0) is 14.1. The van der Waals surface area contributed by atoms with Gasteiger partial charge in [0.2, 0.25) is 0 Å². The van der Waals surface area contributed by atoms with Gasteiger partial charge in [-0.05, 0) is 72.3 Å². The van der Waals surface area contributed by atoms with Gasteiger partial charge in [0.25, 0.3) is 0 Å². The molecule has 1 N–H and O–H groups in total. The molecule has 2 atom stereocenters. The second-order valence-corrected chi connectivity index (χ2v) is 6.18. The molecule has 0 saturated carbocycles. The molecule has 0 radical (unpaired) electrons. The third kappa shape index (κ3) is 6.73. The van der Waals surface area contributed by atoms with Gasteiger partial charge in [-0.1, -0.05) is 13.8 Å². The van der Waals surface area contributed by atoms with Crippen molar-refractivity contribution in [2.45, 2.75) is 65.0 Å². The van der Waals surface area contributed by atoms with E-state index < -0.39 is 0 Å². The summed E-state index contributed by atoms with van der Waals surface area (Å²) < 4.78 is 0. The predicted octanol–water partition coefficient (Wildman–Crippen LogP) is 2.57. The fourth-order valence-electron chi connectivity index (χ4n) is 3.13. The van der Waals surface area contributed by atoms with E-state index in [1.54, 1.807) is 0 Å². The standard InChI is InChI=1S/C16H35N3/c1-5-11-17-15(3)9-7-12-18(4)14-16-10-8-13-19(16)6-2/h15-17H,5-14H2,1-4H3. The molecule has 0 aromatic heterocycles. The van der Waals surface area contributed by atoms with Crippen molar-refractivity contribution in [2.75, 3.05) is 39.8 Å². The van der Waals surface area contributed by atoms with Crippen LogP contribution in [0, 0.1) is 0 Å². The minimum absolute atomic E-state index is 0.673. The summed E-state index contributed by atoms with van der Waals surface area (Å²) in [7, 11) is 2.29. The molecule has 1 aliphatic rings. The molecule has 0 bridgehead atoms. The Hall–Kier alpha value is -0.120. The van der Waals surface area contributed by atoms with Gasteiger partial charge in [0.15, 0.2) is 0 Å². The summed E-state index contributed by atoms with van der Waals surface area (Å²) in [6.45, 7) is 13.0. The van der Waals surface area contributed by atoms with Crippen molar-refractivity contribution in [1.82, 2.24) is 15.1 Å². The van der Waals surface area contributed by atoms with Gasteiger partial charge in [-0.3, -0.25) is 4.90 Å². The van der Waals surface area contributed by atoms with E-state index in [0.717, 1.165) is 12.6 Å². The van der Waals surface area contributed by atoms with Crippen LogP contribution in [-0.4, -0.2) is 61.7 Å². The molecule has 0 aromatic rings. The zero-order valence-corrected chi connectivity index (χ0v) is 13.6. The monoisotopic (exact) mass is 269 g/mol. The smallest absolute Gasteiger partial charge is 0.0223 e. The highest BCUT2D eigenvalue weighted by molar-refractivity contribution is 4.80. The van der Waals surface area contributed by atoms with Crippen LogP contribution in [0.3, 0.4) is 0 Å². The fraction of sp³-hybridized carbons (Fsp3) is 1.00. The molecule has 114 valence electrons. The van der Waals surface area contributed by atoms with E-state index in [2.05, 4.69) is 42.9 Å². The Kier molecular flexibility index (Phi) is 8.67. The summed E-state index contributed by atoms with van der Waals surface area (Å²) in [5.74, 6) is 0. The van der Waals surface area contributed by atoms with Crippen LogP contribution in [0.4, 0.5) is 0 Å². The summed E-state index contributed by atoms with van der Waals surface area (Å²) in [6, 6.07) is 1.48. The molecule has 0 spiro atoms. The maximum atomic E-state index is 3.57. The molecular weight excluding hydrogens is 234 g/mol. The maximum Gasteiger partial charge on any atom is 0.0223 e. The molecule has 2 unspecified atom stereocenters. The Morgan fingerprint density at radius 1 is 1.37 bits per heavy atom. The largest absolute Gasteiger partial charge is 0.314 e. The van der Waals surface area contributed by atoms with Gasteiger partial charge < -0.3 is 10.2 Å². The normalized spacial score (nSPS) is 22.3. The predicted molar refractivity (Wildman–Crippen MR) is 84.8 cm³/mol. The molecule has 3 heteroatoms. The van der Waals surface area contributed by atoms with E-state index in [1.165, 1.54) is 58.3 Å². The highest BCUT2D eigenvalue weighted by Gasteiger charge is 2.23. The van der Waals surface area contributed by atoms with E-state index >= 15 is 0 Å². The maximum absolute atomic E-state index is 3.57. The molecule has 0 aromatic carbocycles. The van der Waals surface area contributed by atoms with Crippen LogP contribution >= 0.6 is 0 Å². The number of likely N-dealkylation sites (N-methyl/N-ethyl adjacent to an activating group) is 2.